The topological polar surface area (TPSA) is 67.9 Å². The third-order valence-electron chi connectivity index (χ3n) is 4.98. The van der Waals surface area contributed by atoms with Gasteiger partial charge < -0.3 is 14.8 Å². The average molecular weight is 352 g/mol. The van der Waals surface area contributed by atoms with Crippen molar-refractivity contribution >= 4 is 17.7 Å². The minimum Gasteiger partial charge on any atom is -0.467 e. The minimum absolute atomic E-state index is 0.220. The minimum atomic E-state index is -0.804. The number of carbonyl (C=O) groups excluding carboxylic acids is 2. The lowest BCUT2D eigenvalue weighted by molar-refractivity contribution is 0.0377. The van der Waals surface area contributed by atoms with Crippen LogP contribution in [0.4, 0.5) is 10.5 Å². The van der Waals surface area contributed by atoms with E-state index >= 15 is 0 Å². The van der Waals surface area contributed by atoms with Crippen LogP contribution in [0.15, 0.2) is 42.5 Å². The summed E-state index contributed by atoms with van der Waals surface area (Å²) in [6.45, 7) is 3.92. The molecule has 2 amide bonds. The molecule has 1 fully saturated rings. The largest absolute Gasteiger partial charge is 0.467 e. The maximum Gasteiger partial charge on any atom is 0.337 e. The smallest absolute Gasteiger partial charge is 0.337 e. The number of amides is 2. The molecule has 0 spiro atoms. The quantitative estimate of drug-likeness (QED) is 0.840. The number of esters is 1. The molecule has 6 nitrogen and oxygen atoms in total. The molecular formula is C20H20N2O4. The molecule has 0 aromatic heterocycles. The van der Waals surface area contributed by atoms with Crippen molar-refractivity contribution in [3.05, 3.63) is 59.2 Å². The molecule has 0 radical (unpaired) electrons. The number of hydrogen-bond donors (Lipinski definition) is 1. The van der Waals surface area contributed by atoms with Gasteiger partial charge in [-0.1, -0.05) is 17.7 Å². The van der Waals surface area contributed by atoms with Crippen LogP contribution in [0.25, 0.3) is 0 Å². The molecule has 1 N–H and O–H groups in total. The van der Waals surface area contributed by atoms with Crippen molar-refractivity contribution in [2.45, 2.75) is 32.0 Å². The molecule has 2 aliphatic heterocycles. The highest BCUT2D eigenvalue weighted by Crippen LogP contribution is 2.45. The Labute approximate surface area is 151 Å². The van der Waals surface area contributed by atoms with Crippen molar-refractivity contribution < 1.29 is 19.1 Å². The molecule has 2 aromatic rings. The molecule has 4 rings (SSSR count). The fourth-order valence-electron chi connectivity index (χ4n) is 3.70. The lowest BCUT2D eigenvalue weighted by atomic mass is 9.89. The Morgan fingerprint density at radius 1 is 1.27 bits per heavy atom. The number of anilines is 1. The van der Waals surface area contributed by atoms with Crippen LogP contribution < -0.4 is 15.0 Å². The zero-order valence-corrected chi connectivity index (χ0v) is 14.9. The van der Waals surface area contributed by atoms with Crippen molar-refractivity contribution in [1.82, 2.24) is 5.32 Å². The summed E-state index contributed by atoms with van der Waals surface area (Å²) in [5.74, 6) is 0.248. The lowest BCUT2D eigenvalue weighted by Gasteiger charge is -2.50. The monoisotopic (exact) mass is 352 g/mol. The molecule has 0 aliphatic carbocycles. The van der Waals surface area contributed by atoms with Gasteiger partial charge >= 0.3 is 12.0 Å². The zero-order valence-electron chi connectivity index (χ0n) is 14.9. The number of fused-ring (bicyclic) bond motifs is 4. The number of benzene rings is 2. The zero-order chi connectivity index (χ0) is 18.5. The maximum absolute atomic E-state index is 12.8. The predicted octanol–water partition coefficient (Wildman–Crippen LogP) is 3.55. The number of methoxy groups -OCH3 is 1. The SMILES string of the molecule is COC(=O)c1ccc2c(c1)[C@H]1C[C@@](C)(O2)N(c2ccc(C)cc2)C(=O)N1. The molecule has 0 unspecified atom stereocenters. The van der Waals surface area contributed by atoms with Crippen LogP contribution in [-0.2, 0) is 4.74 Å². The summed E-state index contributed by atoms with van der Waals surface area (Å²) in [4.78, 5) is 26.3. The van der Waals surface area contributed by atoms with Gasteiger partial charge in [0.25, 0.3) is 0 Å². The fraction of sp³-hybridized carbons (Fsp3) is 0.300. The summed E-state index contributed by atoms with van der Waals surface area (Å²) in [7, 11) is 1.34. The predicted molar refractivity (Wildman–Crippen MR) is 96.4 cm³/mol. The highest BCUT2D eigenvalue weighted by atomic mass is 16.5. The first kappa shape index (κ1) is 16.4. The van der Waals surface area contributed by atoms with Crippen LogP contribution in [-0.4, -0.2) is 24.8 Å². The van der Waals surface area contributed by atoms with Crippen molar-refractivity contribution in [2.75, 3.05) is 12.0 Å². The molecule has 6 heteroatoms. The van der Waals surface area contributed by atoms with Crippen LogP contribution in [0, 0.1) is 6.92 Å². The number of aryl methyl sites for hydroxylation is 1. The average Bonchev–Trinajstić information content (AvgIpc) is 2.61. The van der Waals surface area contributed by atoms with E-state index in [2.05, 4.69) is 5.32 Å². The van der Waals surface area contributed by atoms with E-state index in [1.54, 1.807) is 23.1 Å². The molecule has 1 saturated heterocycles. The van der Waals surface area contributed by atoms with Crippen LogP contribution in [0.3, 0.4) is 0 Å². The third kappa shape index (κ3) is 2.49. The fourth-order valence-corrected chi connectivity index (χ4v) is 3.70. The van der Waals surface area contributed by atoms with Gasteiger partial charge in [-0.15, -0.1) is 0 Å². The van der Waals surface area contributed by atoms with E-state index in [1.165, 1.54) is 7.11 Å². The van der Waals surface area contributed by atoms with Crippen molar-refractivity contribution in [2.24, 2.45) is 0 Å². The number of carbonyl (C=O) groups is 2. The summed E-state index contributed by atoms with van der Waals surface area (Å²) in [6, 6.07) is 12.5. The standard InChI is InChI=1S/C20H20N2O4/c1-12-4-7-14(8-5-12)22-19(24)21-16-11-20(22,2)26-17-9-6-13(10-15(16)17)18(23)25-3/h4-10,16H,11H2,1-3H3,(H,21,24)/t16-,20-/m1/s1. The Hall–Kier alpha value is -3.02. The molecule has 26 heavy (non-hydrogen) atoms. The second-order valence-electron chi connectivity index (χ2n) is 6.90. The van der Waals surface area contributed by atoms with E-state index in [9.17, 15) is 9.59 Å². The number of ether oxygens (including phenoxy) is 2. The van der Waals surface area contributed by atoms with Gasteiger partial charge in [0.15, 0.2) is 5.72 Å². The van der Waals surface area contributed by atoms with E-state index in [-0.39, 0.29) is 12.1 Å². The first-order valence-corrected chi connectivity index (χ1v) is 8.50. The van der Waals surface area contributed by atoms with Crippen molar-refractivity contribution in [1.29, 1.82) is 0 Å². The molecule has 134 valence electrons. The second kappa shape index (κ2) is 5.76. The molecule has 0 saturated carbocycles. The summed E-state index contributed by atoms with van der Waals surface area (Å²) < 4.78 is 11.0. The van der Waals surface area contributed by atoms with Gasteiger partial charge in [-0.25, -0.2) is 9.59 Å². The van der Waals surface area contributed by atoms with Crippen LogP contribution >= 0.6 is 0 Å². The number of nitrogens with one attached hydrogen (secondary N) is 1. The number of hydrogen-bond acceptors (Lipinski definition) is 4. The van der Waals surface area contributed by atoms with E-state index in [4.69, 9.17) is 9.47 Å². The van der Waals surface area contributed by atoms with Gasteiger partial charge in [-0.3, -0.25) is 4.90 Å². The highest BCUT2D eigenvalue weighted by molar-refractivity contribution is 5.95. The number of urea groups is 1. The van der Waals surface area contributed by atoms with Gasteiger partial charge in [0.2, 0.25) is 0 Å². The Balaban J connectivity index is 1.75. The molecule has 2 aromatic carbocycles. The third-order valence-corrected chi connectivity index (χ3v) is 4.98. The molecular weight excluding hydrogens is 332 g/mol. The molecule has 2 heterocycles. The summed E-state index contributed by atoms with van der Waals surface area (Å²) in [6.07, 6.45) is 0.574. The van der Waals surface area contributed by atoms with Crippen LogP contribution in [0.5, 0.6) is 5.75 Å². The summed E-state index contributed by atoms with van der Waals surface area (Å²) in [5, 5.41) is 3.03. The van der Waals surface area contributed by atoms with Gasteiger partial charge in [0.05, 0.1) is 18.7 Å². The van der Waals surface area contributed by atoms with Gasteiger partial charge in [0, 0.05) is 17.7 Å². The summed E-state index contributed by atoms with van der Waals surface area (Å²) >= 11 is 0. The van der Waals surface area contributed by atoms with Crippen LogP contribution in [0.2, 0.25) is 0 Å². The first-order valence-electron chi connectivity index (χ1n) is 8.50. The Morgan fingerprint density at radius 2 is 2.00 bits per heavy atom. The maximum atomic E-state index is 12.8. The normalized spacial score (nSPS) is 23.6. The number of nitrogens with zero attached hydrogens (tertiary/aromatic N) is 1. The van der Waals surface area contributed by atoms with E-state index in [1.807, 2.05) is 38.1 Å². The van der Waals surface area contributed by atoms with E-state index < -0.39 is 11.7 Å². The Bertz CT molecular complexity index is 893. The lowest BCUT2D eigenvalue weighted by Crippen LogP contribution is -2.65. The van der Waals surface area contributed by atoms with E-state index in [0.29, 0.717) is 17.7 Å². The second-order valence-corrected chi connectivity index (χ2v) is 6.90. The van der Waals surface area contributed by atoms with Gasteiger partial charge in [-0.05, 0) is 44.2 Å². The van der Waals surface area contributed by atoms with Crippen molar-refractivity contribution in [3.8, 4) is 5.75 Å². The molecule has 2 aliphatic rings. The number of rotatable bonds is 2. The van der Waals surface area contributed by atoms with E-state index in [0.717, 1.165) is 16.8 Å². The van der Waals surface area contributed by atoms with Crippen LogP contribution in [0.1, 0.15) is 40.9 Å². The van der Waals surface area contributed by atoms with Gasteiger partial charge in [-0.2, -0.15) is 0 Å². The van der Waals surface area contributed by atoms with Crippen molar-refractivity contribution in [3.63, 3.8) is 0 Å². The Morgan fingerprint density at radius 3 is 2.69 bits per heavy atom. The Kier molecular flexibility index (Phi) is 3.64. The highest BCUT2D eigenvalue weighted by Gasteiger charge is 2.49. The molecule has 2 atom stereocenters. The summed E-state index contributed by atoms with van der Waals surface area (Å²) in [5.41, 5.74) is 2.33. The first-order chi connectivity index (χ1) is 12.4. The van der Waals surface area contributed by atoms with Gasteiger partial charge in [0.1, 0.15) is 5.75 Å². The molecule has 2 bridgehead atoms.